The molecule has 0 unspecified atom stereocenters. The number of carbonyl (C=O) groups excluding carboxylic acids is 1. The molecule has 1 aromatic heterocycles. The predicted octanol–water partition coefficient (Wildman–Crippen LogP) is 1.77. The fourth-order valence-electron chi connectivity index (χ4n) is 1.14. The number of hydrogen-bond donors (Lipinski definition) is 1. The molecular weight excluding hydrogens is 262 g/mol. The van der Waals surface area contributed by atoms with Crippen molar-refractivity contribution in [3.05, 3.63) is 28.7 Å². The van der Waals surface area contributed by atoms with Crippen molar-refractivity contribution < 1.29 is 9.53 Å². The lowest BCUT2D eigenvalue weighted by Gasteiger charge is -1.98. The standard InChI is InChI=1S/C9H6BrN3O2/c10-7-3-1-6(2-4-7)8-9(15-5-14)12-13-11-8/h1-5H,(H,11,12,13). The Balaban J connectivity index is 2.40. The summed E-state index contributed by atoms with van der Waals surface area (Å²) in [5.74, 6) is 0.173. The lowest BCUT2D eigenvalue weighted by Crippen LogP contribution is -1.90. The third-order valence-electron chi connectivity index (χ3n) is 1.79. The molecule has 0 fully saturated rings. The molecule has 1 N–H and O–H groups in total. The molecule has 0 radical (unpaired) electrons. The number of rotatable bonds is 3. The number of aromatic amines is 1. The second-order valence-corrected chi connectivity index (χ2v) is 3.61. The highest BCUT2D eigenvalue weighted by Gasteiger charge is 2.10. The van der Waals surface area contributed by atoms with Gasteiger partial charge in [-0.25, -0.2) is 0 Å². The molecule has 0 amide bonds. The third-order valence-corrected chi connectivity index (χ3v) is 2.32. The number of nitrogens with zero attached hydrogens (tertiary/aromatic N) is 2. The molecule has 6 heteroatoms. The maximum atomic E-state index is 10.2. The lowest BCUT2D eigenvalue weighted by atomic mass is 10.2. The van der Waals surface area contributed by atoms with Crippen molar-refractivity contribution in [2.45, 2.75) is 0 Å². The summed E-state index contributed by atoms with van der Waals surface area (Å²) in [5.41, 5.74) is 1.33. The van der Waals surface area contributed by atoms with Crippen LogP contribution in [0.4, 0.5) is 0 Å². The molecule has 1 heterocycles. The zero-order chi connectivity index (χ0) is 10.7. The average Bonchev–Trinajstić information content (AvgIpc) is 2.68. The van der Waals surface area contributed by atoms with Gasteiger partial charge in [-0.15, -0.1) is 5.10 Å². The molecule has 1 aromatic carbocycles. The van der Waals surface area contributed by atoms with Crippen molar-refractivity contribution in [2.24, 2.45) is 0 Å². The minimum absolute atomic E-state index is 0.173. The van der Waals surface area contributed by atoms with Gasteiger partial charge in [0.25, 0.3) is 12.4 Å². The third kappa shape index (κ3) is 2.04. The van der Waals surface area contributed by atoms with Gasteiger partial charge in [0.15, 0.2) is 5.69 Å². The van der Waals surface area contributed by atoms with Crippen LogP contribution in [0.5, 0.6) is 5.88 Å². The number of aromatic nitrogens is 3. The van der Waals surface area contributed by atoms with Crippen molar-refractivity contribution in [1.82, 2.24) is 15.4 Å². The van der Waals surface area contributed by atoms with E-state index in [2.05, 4.69) is 36.1 Å². The zero-order valence-corrected chi connectivity index (χ0v) is 9.06. The zero-order valence-electron chi connectivity index (χ0n) is 7.48. The predicted molar refractivity (Wildman–Crippen MR) is 56.2 cm³/mol. The van der Waals surface area contributed by atoms with E-state index >= 15 is 0 Å². The quantitative estimate of drug-likeness (QED) is 0.861. The Morgan fingerprint density at radius 3 is 2.67 bits per heavy atom. The average molecular weight is 268 g/mol. The van der Waals surface area contributed by atoms with Gasteiger partial charge in [0.05, 0.1) is 0 Å². The molecule has 0 saturated carbocycles. The molecular formula is C9H6BrN3O2. The van der Waals surface area contributed by atoms with Crippen molar-refractivity contribution in [3.63, 3.8) is 0 Å². The minimum Gasteiger partial charge on any atom is -0.406 e. The normalized spacial score (nSPS) is 9.93. The van der Waals surface area contributed by atoms with E-state index in [1.807, 2.05) is 24.3 Å². The van der Waals surface area contributed by atoms with Gasteiger partial charge >= 0.3 is 0 Å². The van der Waals surface area contributed by atoms with Crippen LogP contribution in [-0.4, -0.2) is 21.9 Å². The molecule has 0 spiro atoms. The van der Waals surface area contributed by atoms with Crippen LogP contribution in [0, 0.1) is 0 Å². The Morgan fingerprint density at radius 1 is 1.27 bits per heavy atom. The molecule has 5 nitrogen and oxygen atoms in total. The van der Waals surface area contributed by atoms with Gasteiger partial charge in [-0.2, -0.15) is 10.3 Å². The summed E-state index contributed by atoms with van der Waals surface area (Å²) in [7, 11) is 0. The second-order valence-electron chi connectivity index (χ2n) is 2.70. The first-order valence-electron chi connectivity index (χ1n) is 4.08. The summed E-state index contributed by atoms with van der Waals surface area (Å²) in [6.07, 6.45) is 0. The highest BCUT2D eigenvalue weighted by molar-refractivity contribution is 9.10. The van der Waals surface area contributed by atoms with Gasteiger partial charge in [0, 0.05) is 10.0 Å². The molecule has 0 aliphatic rings. The monoisotopic (exact) mass is 267 g/mol. The first-order valence-corrected chi connectivity index (χ1v) is 4.87. The summed E-state index contributed by atoms with van der Waals surface area (Å²) in [4.78, 5) is 10.2. The molecule has 76 valence electrons. The van der Waals surface area contributed by atoms with E-state index in [4.69, 9.17) is 0 Å². The number of carbonyl (C=O) groups is 1. The Morgan fingerprint density at radius 2 is 2.00 bits per heavy atom. The summed E-state index contributed by atoms with van der Waals surface area (Å²) in [6, 6.07) is 7.43. The van der Waals surface area contributed by atoms with E-state index in [-0.39, 0.29) is 5.88 Å². The van der Waals surface area contributed by atoms with Crippen LogP contribution in [0.25, 0.3) is 11.3 Å². The van der Waals surface area contributed by atoms with Crippen LogP contribution < -0.4 is 4.74 Å². The van der Waals surface area contributed by atoms with Crippen molar-refractivity contribution >= 4 is 22.4 Å². The Kier molecular flexibility index (Phi) is 2.77. The van der Waals surface area contributed by atoms with Crippen molar-refractivity contribution in [2.75, 3.05) is 0 Å². The maximum Gasteiger partial charge on any atom is 0.299 e. The number of hydrogen-bond acceptors (Lipinski definition) is 4. The molecule has 15 heavy (non-hydrogen) atoms. The second kappa shape index (κ2) is 4.22. The van der Waals surface area contributed by atoms with E-state index in [9.17, 15) is 4.79 Å². The highest BCUT2D eigenvalue weighted by Crippen LogP contribution is 2.25. The fraction of sp³-hybridized carbons (Fsp3) is 0. The molecule has 2 rings (SSSR count). The topological polar surface area (TPSA) is 67.9 Å². The van der Waals surface area contributed by atoms with Crippen LogP contribution in [0.15, 0.2) is 28.7 Å². The van der Waals surface area contributed by atoms with Crippen LogP contribution in [0.1, 0.15) is 0 Å². The maximum absolute atomic E-state index is 10.2. The van der Waals surface area contributed by atoms with E-state index in [0.29, 0.717) is 12.2 Å². The molecule has 0 aliphatic carbocycles. The van der Waals surface area contributed by atoms with E-state index in [0.717, 1.165) is 10.0 Å². The van der Waals surface area contributed by atoms with Gasteiger partial charge < -0.3 is 4.74 Å². The van der Waals surface area contributed by atoms with Crippen molar-refractivity contribution in [3.8, 4) is 17.1 Å². The minimum atomic E-state index is 0.173. The first-order chi connectivity index (χ1) is 7.31. The summed E-state index contributed by atoms with van der Waals surface area (Å²) in [5, 5.41) is 10.0. The van der Waals surface area contributed by atoms with Crippen LogP contribution in [0.2, 0.25) is 0 Å². The number of H-pyrrole nitrogens is 1. The van der Waals surface area contributed by atoms with E-state index in [1.54, 1.807) is 0 Å². The van der Waals surface area contributed by atoms with Crippen LogP contribution in [-0.2, 0) is 4.79 Å². The largest absolute Gasteiger partial charge is 0.406 e. The van der Waals surface area contributed by atoms with Gasteiger partial charge in [0.1, 0.15) is 0 Å². The molecule has 0 aliphatic heterocycles. The van der Waals surface area contributed by atoms with Gasteiger partial charge in [0.2, 0.25) is 0 Å². The Bertz CT molecular complexity index is 466. The molecule has 2 aromatic rings. The first kappa shape index (κ1) is 9.85. The summed E-state index contributed by atoms with van der Waals surface area (Å²) >= 11 is 3.33. The summed E-state index contributed by atoms with van der Waals surface area (Å²) in [6.45, 7) is 0.320. The summed E-state index contributed by atoms with van der Waals surface area (Å²) < 4.78 is 5.63. The van der Waals surface area contributed by atoms with Crippen molar-refractivity contribution in [1.29, 1.82) is 0 Å². The Labute approximate surface area is 93.6 Å². The number of ether oxygens (including phenoxy) is 1. The fourth-order valence-corrected chi connectivity index (χ4v) is 1.41. The van der Waals surface area contributed by atoms with E-state index < -0.39 is 0 Å². The van der Waals surface area contributed by atoms with E-state index in [1.165, 1.54) is 0 Å². The van der Waals surface area contributed by atoms with Gasteiger partial charge in [-0.05, 0) is 12.1 Å². The lowest BCUT2D eigenvalue weighted by molar-refractivity contribution is -0.120. The molecule has 0 saturated heterocycles. The molecule has 0 bridgehead atoms. The SMILES string of the molecule is O=COc1n[nH]nc1-c1ccc(Br)cc1. The number of halogens is 1. The molecule has 0 atom stereocenters. The highest BCUT2D eigenvalue weighted by atomic mass is 79.9. The van der Waals surface area contributed by atoms with Crippen LogP contribution in [0.3, 0.4) is 0 Å². The smallest absolute Gasteiger partial charge is 0.299 e. The van der Waals surface area contributed by atoms with Gasteiger partial charge in [-0.3, -0.25) is 4.79 Å². The van der Waals surface area contributed by atoms with Crippen LogP contribution >= 0.6 is 15.9 Å². The number of benzene rings is 1. The number of nitrogens with one attached hydrogen (secondary N) is 1. The Hall–Kier alpha value is -1.69. The van der Waals surface area contributed by atoms with Gasteiger partial charge in [-0.1, -0.05) is 28.1 Å².